The van der Waals surface area contributed by atoms with Crippen molar-refractivity contribution >= 4 is 0 Å². The van der Waals surface area contributed by atoms with E-state index in [1.807, 2.05) is 0 Å². The molecule has 0 N–H and O–H groups in total. The highest BCUT2D eigenvalue weighted by Crippen LogP contribution is 2.27. The third-order valence-corrected chi connectivity index (χ3v) is 4.22. The Bertz CT molecular complexity index is 272. The molecule has 0 radical (unpaired) electrons. The van der Waals surface area contributed by atoms with E-state index in [-0.39, 0.29) is 6.29 Å². The summed E-state index contributed by atoms with van der Waals surface area (Å²) in [7, 11) is 0. The minimum atomic E-state index is 0.0364. The van der Waals surface area contributed by atoms with Crippen LogP contribution in [0.4, 0.5) is 0 Å². The second-order valence-electron chi connectivity index (χ2n) is 6.00. The molecule has 0 bridgehead atoms. The second-order valence-corrected chi connectivity index (χ2v) is 6.00. The van der Waals surface area contributed by atoms with Crippen molar-refractivity contribution in [2.24, 2.45) is 0 Å². The SMILES string of the molecule is CCCCCC[C@H]1CCC[C@@H](OC2=CCCCC2)O1. The summed E-state index contributed by atoms with van der Waals surface area (Å²) in [6, 6.07) is 0. The van der Waals surface area contributed by atoms with Gasteiger partial charge in [-0.1, -0.05) is 32.6 Å². The highest BCUT2D eigenvalue weighted by molar-refractivity contribution is 4.97. The van der Waals surface area contributed by atoms with Gasteiger partial charge in [0, 0.05) is 12.8 Å². The van der Waals surface area contributed by atoms with Crippen LogP contribution in [0.3, 0.4) is 0 Å². The Labute approximate surface area is 118 Å². The molecule has 19 heavy (non-hydrogen) atoms. The summed E-state index contributed by atoms with van der Waals surface area (Å²) in [4.78, 5) is 0. The van der Waals surface area contributed by atoms with Gasteiger partial charge in [0.05, 0.1) is 11.9 Å². The van der Waals surface area contributed by atoms with E-state index >= 15 is 0 Å². The van der Waals surface area contributed by atoms with E-state index in [0.29, 0.717) is 6.10 Å². The molecule has 1 fully saturated rings. The topological polar surface area (TPSA) is 18.5 Å². The largest absolute Gasteiger partial charge is 0.470 e. The quantitative estimate of drug-likeness (QED) is 0.580. The van der Waals surface area contributed by atoms with Crippen molar-refractivity contribution in [3.63, 3.8) is 0 Å². The highest BCUT2D eigenvalue weighted by atomic mass is 16.7. The number of rotatable bonds is 7. The zero-order valence-electron chi connectivity index (χ0n) is 12.5. The van der Waals surface area contributed by atoms with Gasteiger partial charge in [-0.15, -0.1) is 0 Å². The lowest BCUT2D eigenvalue weighted by molar-refractivity contribution is -0.177. The Kier molecular flexibility index (Phi) is 6.77. The minimum Gasteiger partial charge on any atom is -0.470 e. The van der Waals surface area contributed by atoms with Gasteiger partial charge in [0.25, 0.3) is 0 Å². The first-order valence-corrected chi connectivity index (χ1v) is 8.39. The summed E-state index contributed by atoms with van der Waals surface area (Å²) in [5.74, 6) is 1.18. The molecule has 110 valence electrons. The number of ether oxygens (including phenoxy) is 2. The van der Waals surface area contributed by atoms with E-state index < -0.39 is 0 Å². The minimum absolute atomic E-state index is 0.0364. The third kappa shape index (κ3) is 5.56. The maximum Gasteiger partial charge on any atom is 0.199 e. The van der Waals surface area contributed by atoms with Gasteiger partial charge in [0.1, 0.15) is 0 Å². The van der Waals surface area contributed by atoms with Crippen LogP contribution in [0.5, 0.6) is 0 Å². The third-order valence-electron chi connectivity index (χ3n) is 4.22. The maximum atomic E-state index is 6.11. The molecule has 2 nitrogen and oxygen atoms in total. The van der Waals surface area contributed by atoms with E-state index in [1.54, 1.807) is 0 Å². The van der Waals surface area contributed by atoms with Crippen molar-refractivity contribution in [3.05, 3.63) is 11.8 Å². The van der Waals surface area contributed by atoms with Gasteiger partial charge in [-0.3, -0.25) is 0 Å². The summed E-state index contributed by atoms with van der Waals surface area (Å²) in [5.41, 5.74) is 0. The fraction of sp³-hybridized carbons (Fsp3) is 0.882. The Morgan fingerprint density at radius 2 is 2.11 bits per heavy atom. The Balaban J connectivity index is 1.66. The molecule has 0 saturated carbocycles. The Morgan fingerprint density at radius 1 is 1.16 bits per heavy atom. The molecule has 2 atom stereocenters. The van der Waals surface area contributed by atoms with Gasteiger partial charge in [-0.05, 0) is 44.6 Å². The van der Waals surface area contributed by atoms with E-state index in [0.717, 1.165) is 12.8 Å². The highest BCUT2D eigenvalue weighted by Gasteiger charge is 2.24. The van der Waals surface area contributed by atoms with Crippen LogP contribution in [-0.2, 0) is 9.47 Å². The maximum absolute atomic E-state index is 6.11. The van der Waals surface area contributed by atoms with Crippen molar-refractivity contribution < 1.29 is 9.47 Å². The smallest absolute Gasteiger partial charge is 0.199 e. The van der Waals surface area contributed by atoms with Crippen LogP contribution in [0.15, 0.2) is 11.8 Å². The van der Waals surface area contributed by atoms with Crippen molar-refractivity contribution in [2.45, 2.75) is 96.4 Å². The molecule has 2 rings (SSSR count). The summed E-state index contributed by atoms with van der Waals surface area (Å²) in [6.07, 6.45) is 17.8. The van der Waals surface area contributed by atoms with E-state index in [9.17, 15) is 0 Å². The van der Waals surface area contributed by atoms with E-state index in [4.69, 9.17) is 9.47 Å². The van der Waals surface area contributed by atoms with Gasteiger partial charge in [0.15, 0.2) is 6.29 Å². The van der Waals surface area contributed by atoms with Gasteiger partial charge >= 0.3 is 0 Å². The molecule has 2 heteroatoms. The fourth-order valence-electron chi connectivity index (χ4n) is 3.05. The molecule has 0 unspecified atom stereocenters. The molecule has 1 aliphatic heterocycles. The number of hydrogen-bond acceptors (Lipinski definition) is 2. The molecular weight excluding hydrogens is 236 g/mol. The van der Waals surface area contributed by atoms with Crippen LogP contribution >= 0.6 is 0 Å². The van der Waals surface area contributed by atoms with Crippen molar-refractivity contribution in [2.75, 3.05) is 0 Å². The van der Waals surface area contributed by atoms with Crippen molar-refractivity contribution in [1.82, 2.24) is 0 Å². The first kappa shape index (κ1) is 14.9. The zero-order chi connectivity index (χ0) is 13.3. The first-order valence-electron chi connectivity index (χ1n) is 8.39. The normalized spacial score (nSPS) is 27.9. The average Bonchev–Trinajstić information content (AvgIpc) is 2.45. The lowest BCUT2D eigenvalue weighted by Gasteiger charge is -2.31. The van der Waals surface area contributed by atoms with Gasteiger partial charge in [-0.2, -0.15) is 0 Å². The first-order chi connectivity index (χ1) is 9.38. The van der Waals surface area contributed by atoms with Crippen LogP contribution in [0.2, 0.25) is 0 Å². The lowest BCUT2D eigenvalue weighted by atomic mass is 10.0. The molecule has 1 aliphatic carbocycles. The Morgan fingerprint density at radius 3 is 2.89 bits per heavy atom. The number of hydrogen-bond donors (Lipinski definition) is 0. The molecule has 2 aliphatic rings. The molecular formula is C17H30O2. The van der Waals surface area contributed by atoms with Crippen LogP contribution in [-0.4, -0.2) is 12.4 Å². The molecule has 0 spiro atoms. The van der Waals surface area contributed by atoms with Gasteiger partial charge < -0.3 is 9.47 Å². The number of unbranched alkanes of at least 4 members (excludes halogenated alkanes) is 3. The molecule has 0 aromatic heterocycles. The van der Waals surface area contributed by atoms with Crippen LogP contribution in [0, 0.1) is 0 Å². The fourth-order valence-corrected chi connectivity index (χ4v) is 3.05. The number of allylic oxidation sites excluding steroid dienone is 2. The average molecular weight is 266 g/mol. The van der Waals surface area contributed by atoms with Crippen LogP contribution in [0.25, 0.3) is 0 Å². The van der Waals surface area contributed by atoms with Crippen LogP contribution in [0.1, 0.15) is 84.0 Å². The molecule has 0 aromatic carbocycles. The van der Waals surface area contributed by atoms with E-state index in [2.05, 4.69) is 13.0 Å². The van der Waals surface area contributed by atoms with Crippen LogP contribution < -0.4 is 0 Å². The van der Waals surface area contributed by atoms with Gasteiger partial charge in [-0.25, -0.2) is 0 Å². The van der Waals surface area contributed by atoms with Crippen molar-refractivity contribution in [1.29, 1.82) is 0 Å². The summed E-state index contributed by atoms with van der Waals surface area (Å²) >= 11 is 0. The molecule has 1 saturated heterocycles. The van der Waals surface area contributed by atoms with Gasteiger partial charge in [0.2, 0.25) is 0 Å². The summed E-state index contributed by atoms with van der Waals surface area (Å²) in [6.45, 7) is 2.26. The second kappa shape index (κ2) is 8.63. The van der Waals surface area contributed by atoms with E-state index in [1.165, 1.54) is 70.0 Å². The standard InChI is InChI=1S/C17H30O2/c1-2-3-4-6-10-16-13-9-14-17(19-16)18-15-11-7-5-8-12-15/h11,16-17H,2-10,12-14H2,1H3/t16-,17-/m0/s1. The van der Waals surface area contributed by atoms with Crippen molar-refractivity contribution in [3.8, 4) is 0 Å². The molecule has 0 amide bonds. The Hall–Kier alpha value is -0.500. The predicted molar refractivity (Wildman–Crippen MR) is 78.9 cm³/mol. The lowest BCUT2D eigenvalue weighted by Crippen LogP contribution is -2.29. The molecule has 1 heterocycles. The summed E-state index contributed by atoms with van der Waals surface area (Å²) < 4.78 is 12.1. The molecule has 0 aromatic rings. The predicted octanol–water partition coefficient (Wildman–Crippen LogP) is 5.33. The monoisotopic (exact) mass is 266 g/mol. The zero-order valence-corrected chi connectivity index (χ0v) is 12.5. The summed E-state index contributed by atoms with van der Waals surface area (Å²) in [5, 5.41) is 0.